The Hall–Kier alpha value is -3.45. The van der Waals surface area contributed by atoms with Gasteiger partial charge in [-0.15, -0.1) is 5.10 Å². The van der Waals surface area contributed by atoms with E-state index in [1.54, 1.807) is 4.68 Å². The van der Waals surface area contributed by atoms with Gasteiger partial charge < -0.3 is 5.32 Å². The van der Waals surface area contributed by atoms with E-state index in [-0.39, 0.29) is 5.91 Å². The molecular weight excluding hydrogens is 394 g/mol. The maximum atomic E-state index is 13.3. The highest BCUT2D eigenvalue weighted by atomic mass is 32.2. The summed E-state index contributed by atoms with van der Waals surface area (Å²) in [6, 6.07) is 25.3. The molecule has 3 aromatic carbocycles. The number of tetrazole rings is 1. The average molecular weight is 416 g/mol. The molecule has 7 heteroatoms. The zero-order valence-corrected chi connectivity index (χ0v) is 17.5. The molecule has 4 rings (SSSR count). The molecule has 0 saturated heterocycles. The Morgan fingerprint density at radius 1 is 0.967 bits per heavy atom. The molecule has 0 saturated carbocycles. The quantitative estimate of drug-likeness (QED) is 0.460. The van der Waals surface area contributed by atoms with Crippen LogP contribution < -0.4 is 5.32 Å². The third-order valence-corrected chi connectivity index (χ3v) is 5.84. The highest BCUT2D eigenvalue weighted by Crippen LogP contribution is 2.36. The molecule has 0 aliphatic heterocycles. The molecule has 0 aliphatic rings. The van der Waals surface area contributed by atoms with Crippen molar-refractivity contribution in [2.75, 3.05) is 5.32 Å². The number of carbonyl (C=O) groups is 1. The van der Waals surface area contributed by atoms with E-state index >= 15 is 0 Å². The molecule has 0 spiro atoms. The van der Waals surface area contributed by atoms with Crippen LogP contribution in [0.5, 0.6) is 0 Å². The maximum absolute atomic E-state index is 13.3. The molecule has 1 N–H and O–H groups in total. The van der Waals surface area contributed by atoms with Gasteiger partial charge in [-0.2, -0.15) is 4.68 Å². The number of aromatic nitrogens is 4. The predicted molar refractivity (Wildman–Crippen MR) is 119 cm³/mol. The second-order valence-corrected chi connectivity index (χ2v) is 8.00. The molecule has 0 unspecified atom stereocenters. The molecule has 30 heavy (non-hydrogen) atoms. The van der Waals surface area contributed by atoms with Gasteiger partial charge in [0, 0.05) is 5.69 Å². The monoisotopic (exact) mass is 415 g/mol. The van der Waals surface area contributed by atoms with Crippen molar-refractivity contribution in [1.82, 2.24) is 20.2 Å². The van der Waals surface area contributed by atoms with Crippen LogP contribution in [0.2, 0.25) is 0 Å². The SMILES string of the molecule is Cc1ccc(C)c(NC(=O)[C@H](Sc2nnnn2-c2ccccc2)c2ccccc2)c1. The summed E-state index contributed by atoms with van der Waals surface area (Å²) < 4.78 is 1.64. The van der Waals surface area contributed by atoms with Gasteiger partial charge in [0.1, 0.15) is 5.25 Å². The summed E-state index contributed by atoms with van der Waals surface area (Å²) in [6.45, 7) is 3.99. The molecule has 1 atom stereocenters. The van der Waals surface area contributed by atoms with Crippen molar-refractivity contribution in [3.8, 4) is 5.69 Å². The number of anilines is 1. The normalized spacial score (nSPS) is 11.8. The van der Waals surface area contributed by atoms with Crippen molar-refractivity contribution in [3.05, 3.63) is 95.6 Å². The largest absolute Gasteiger partial charge is 0.325 e. The van der Waals surface area contributed by atoms with Gasteiger partial charge in [-0.3, -0.25) is 4.79 Å². The number of aryl methyl sites for hydroxylation is 2. The topological polar surface area (TPSA) is 72.7 Å². The predicted octanol–water partition coefficient (Wildman–Crippen LogP) is 4.75. The number of nitrogens with one attached hydrogen (secondary N) is 1. The number of thioether (sulfide) groups is 1. The first-order valence-electron chi connectivity index (χ1n) is 9.55. The maximum Gasteiger partial charge on any atom is 0.242 e. The Bertz CT molecular complexity index is 1140. The molecule has 150 valence electrons. The van der Waals surface area contributed by atoms with Crippen LogP contribution in [-0.4, -0.2) is 26.1 Å². The fourth-order valence-electron chi connectivity index (χ4n) is 3.06. The van der Waals surface area contributed by atoms with Crippen LogP contribution >= 0.6 is 11.8 Å². The summed E-state index contributed by atoms with van der Waals surface area (Å²) in [5, 5.41) is 15.2. The summed E-state index contributed by atoms with van der Waals surface area (Å²) in [5.74, 6) is -0.123. The minimum atomic E-state index is -0.514. The summed E-state index contributed by atoms with van der Waals surface area (Å²) in [7, 11) is 0. The highest BCUT2D eigenvalue weighted by molar-refractivity contribution is 8.00. The third kappa shape index (κ3) is 4.41. The number of hydrogen-bond acceptors (Lipinski definition) is 5. The number of carbonyl (C=O) groups excluding carboxylic acids is 1. The van der Waals surface area contributed by atoms with Crippen molar-refractivity contribution in [2.24, 2.45) is 0 Å². The summed E-state index contributed by atoms with van der Waals surface area (Å²) in [6.07, 6.45) is 0. The average Bonchev–Trinajstić information content (AvgIpc) is 3.24. The fraction of sp³-hybridized carbons (Fsp3) is 0.130. The molecule has 1 aromatic heterocycles. The fourth-order valence-corrected chi connectivity index (χ4v) is 4.05. The van der Waals surface area contributed by atoms with Crippen molar-refractivity contribution in [3.63, 3.8) is 0 Å². The van der Waals surface area contributed by atoms with Crippen LogP contribution in [0.15, 0.2) is 84.0 Å². The van der Waals surface area contributed by atoms with Crippen LogP contribution in [-0.2, 0) is 4.79 Å². The second kappa shape index (κ2) is 8.92. The van der Waals surface area contributed by atoms with E-state index in [4.69, 9.17) is 0 Å². The Morgan fingerprint density at radius 3 is 2.40 bits per heavy atom. The lowest BCUT2D eigenvalue weighted by molar-refractivity contribution is -0.115. The minimum Gasteiger partial charge on any atom is -0.325 e. The molecule has 0 aliphatic carbocycles. The van der Waals surface area contributed by atoms with Gasteiger partial charge in [-0.25, -0.2) is 0 Å². The van der Waals surface area contributed by atoms with Gasteiger partial charge >= 0.3 is 0 Å². The first kappa shape index (κ1) is 19.8. The van der Waals surface area contributed by atoms with E-state index in [2.05, 4.69) is 20.8 Å². The molecule has 0 radical (unpaired) electrons. The van der Waals surface area contributed by atoms with Crippen molar-refractivity contribution in [1.29, 1.82) is 0 Å². The van der Waals surface area contributed by atoms with Gasteiger partial charge in [-0.1, -0.05) is 72.4 Å². The highest BCUT2D eigenvalue weighted by Gasteiger charge is 2.26. The van der Waals surface area contributed by atoms with E-state index in [0.717, 1.165) is 28.1 Å². The van der Waals surface area contributed by atoms with E-state index in [1.165, 1.54) is 11.8 Å². The summed E-state index contributed by atoms with van der Waals surface area (Å²) in [4.78, 5) is 13.3. The molecule has 0 fully saturated rings. The Morgan fingerprint density at radius 2 is 1.67 bits per heavy atom. The third-order valence-electron chi connectivity index (χ3n) is 4.66. The van der Waals surface area contributed by atoms with E-state index in [9.17, 15) is 4.79 Å². The van der Waals surface area contributed by atoms with Crippen LogP contribution in [0.4, 0.5) is 5.69 Å². The van der Waals surface area contributed by atoms with Gasteiger partial charge in [0.25, 0.3) is 0 Å². The first-order chi connectivity index (χ1) is 14.6. The minimum absolute atomic E-state index is 0.123. The second-order valence-electron chi connectivity index (χ2n) is 6.93. The lowest BCUT2D eigenvalue weighted by atomic mass is 10.1. The van der Waals surface area contributed by atoms with Crippen LogP contribution in [0.1, 0.15) is 21.9 Å². The number of amides is 1. The van der Waals surface area contributed by atoms with Gasteiger partial charge in [0.2, 0.25) is 11.1 Å². The number of nitrogens with zero attached hydrogens (tertiary/aromatic N) is 4. The van der Waals surface area contributed by atoms with Crippen LogP contribution in [0, 0.1) is 13.8 Å². The Labute approximate surface area is 179 Å². The number of para-hydroxylation sites is 1. The van der Waals surface area contributed by atoms with Crippen molar-refractivity contribution >= 4 is 23.4 Å². The first-order valence-corrected chi connectivity index (χ1v) is 10.4. The van der Waals surface area contributed by atoms with Crippen LogP contribution in [0.3, 0.4) is 0 Å². The standard InChI is InChI=1S/C23H21N5OS/c1-16-13-14-17(2)20(15-16)24-22(29)21(18-9-5-3-6-10-18)30-23-25-26-27-28(23)19-11-7-4-8-12-19/h3-15,21H,1-2H3,(H,24,29)/t21-/m1/s1. The van der Waals surface area contributed by atoms with Gasteiger partial charge in [-0.05, 0) is 59.2 Å². The lowest BCUT2D eigenvalue weighted by Crippen LogP contribution is -2.20. The number of benzene rings is 3. The molecule has 4 aromatic rings. The molecule has 1 amide bonds. The molecule has 1 heterocycles. The Kier molecular flexibility index (Phi) is 5.90. The van der Waals surface area contributed by atoms with Crippen molar-refractivity contribution < 1.29 is 4.79 Å². The molecule has 0 bridgehead atoms. The van der Waals surface area contributed by atoms with E-state index in [0.29, 0.717) is 5.16 Å². The molecule has 6 nitrogen and oxygen atoms in total. The number of rotatable bonds is 6. The zero-order valence-electron chi connectivity index (χ0n) is 16.7. The van der Waals surface area contributed by atoms with Crippen LogP contribution in [0.25, 0.3) is 5.69 Å². The van der Waals surface area contributed by atoms with Gasteiger partial charge in [0.15, 0.2) is 0 Å². The lowest BCUT2D eigenvalue weighted by Gasteiger charge is -2.18. The van der Waals surface area contributed by atoms with Gasteiger partial charge in [0.05, 0.1) is 5.69 Å². The summed E-state index contributed by atoms with van der Waals surface area (Å²) in [5.41, 5.74) is 4.64. The smallest absolute Gasteiger partial charge is 0.242 e. The summed E-state index contributed by atoms with van der Waals surface area (Å²) >= 11 is 1.32. The zero-order chi connectivity index (χ0) is 20.9. The van der Waals surface area contributed by atoms with E-state index in [1.807, 2.05) is 92.7 Å². The van der Waals surface area contributed by atoms with E-state index < -0.39 is 5.25 Å². The molecular formula is C23H21N5OS. The van der Waals surface area contributed by atoms with Crippen molar-refractivity contribution in [2.45, 2.75) is 24.3 Å². The Balaban J connectivity index is 1.66. The number of hydrogen-bond donors (Lipinski definition) is 1.